The van der Waals surface area contributed by atoms with Crippen molar-refractivity contribution in [2.45, 2.75) is 91.4 Å². The standard InChI is InChI=1S/C26H36N6O3/c1-5-9-22(25-28-29-30-32(25)16-23(33)35-6-2)31(21-10-7-8-11-21)15-20-14-19-13-17(3)12-18(4)24(19)27-26(20)34/h12-14,21-22H,5-11,15-16H2,1-4H3,(H,27,34)/t22-/m1/s1. The minimum absolute atomic E-state index is 0.0238. The molecule has 0 radical (unpaired) electrons. The Kier molecular flexibility index (Phi) is 7.95. The highest BCUT2D eigenvalue weighted by Crippen LogP contribution is 2.34. The van der Waals surface area contributed by atoms with E-state index in [1.54, 1.807) is 11.6 Å². The van der Waals surface area contributed by atoms with E-state index in [-0.39, 0.29) is 24.1 Å². The van der Waals surface area contributed by atoms with E-state index in [0.29, 0.717) is 25.0 Å². The summed E-state index contributed by atoms with van der Waals surface area (Å²) in [4.78, 5) is 30.9. The van der Waals surface area contributed by atoms with E-state index in [2.05, 4.69) is 51.4 Å². The molecule has 3 aromatic rings. The molecule has 1 aliphatic rings. The molecule has 1 atom stereocenters. The Morgan fingerprint density at radius 2 is 2.00 bits per heavy atom. The number of ether oxygens (including phenoxy) is 1. The highest BCUT2D eigenvalue weighted by molar-refractivity contribution is 5.82. The largest absolute Gasteiger partial charge is 0.465 e. The van der Waals surface area contributed by atoms with Gasteiger partial charge in [0.15, 0.2) is 5.82 Å². The number of aryl methyl sites for hydroxylation is 2. The maximum Gasteiger partial charge on any atom is 0.327 e. The second kappa shape index (κ2) is 11.1. The topological polar surface area (TPSA) is 106 Å². The van der Waals surface area contributed by atoms with Gasteiger partial charge in [-0.05, 0) is 73.5 Å². The van der Waals surface area contributed by atoms with Crippen LogP contribution in [-0.4, -0.2) is 48.7 Å². The molecule has 1 N–H and O–H groups in total. The molecular weight excluding hydrogens is 444 g/mol. The lowest BCUT2D eigenvalue weighted by molar-refractivity contribution is -0.144. The van der Waals surface area contributed by atoms with Crippen LogP contribution in [0.5, 0.6) is 0 Å². The van der Waals surface area contributed by atoms with Crippen molar-refractivity contribution in [2.75, 3.05) is 6.61 Å². The first kappa shape index (κ1) is 25.0. The molecule has 9 nitrogen and oxygen atoms in total. The summed E-state index contributed by atoms with van der Waals surface area (Å²) >= 11 is 0. The van der Waals surface area contributed by atoms with Crippen LogP contribution in [0.1, 0.15) is 80.9 Å². The average molecular weight is 481 g/mol. The third-order valence-corrected chi connectivity index (χ3v) is 6.92. The summed E-state index contributed by atoms with van der Waals surface area (Å²) < 4.78 is 6.68. The van der Waals surface area contributed by atoms with Gasteiger partial charge in [0.2, 0.25) is 0 Å². The van der Waals surface area contributed by atoms with Gasteiger partial charge >= 0.3 is 5.97 Å². The van der Waals surface area contributed by atoms with Gasteiger partial charge in [-0.2, -0.15) is 0 Å². The fourth-order valence-corrected chi connectivity index (χ4v) is 5.38. The predicted molar refractivity (Wildman–Crippen MR) is 134 cm³/mol. The van der Waals surface area contributed by atoms with Gasteiger partial charge in [-0.25, -0.2) is 4.68 Å². The number of aromatic amines is 1. The zero-order valence-corrected chi connectivity index (χ0v) is 21.2. The van der Waals surface area contributed by atoms with Gasteiger partial charge in [-0.1, -0.05) is 37.8 Å². The molecule has 0 spiro atoms. The number of nitrogens with one attached hydrogen (secondary N) is 1. The number of rotatable bonds is 10. The van der Waals surface area contributed by atoms with Gasteiger partial charge in [-0.15, -0.1) is 5.10 Å². The molecule has 0 unspecified atom stereocenters. The predicted octanol–water partition coefficient (Wildman–Crippen LogP) is 3.98. The second-order valence-electron chi connectivity index (χ2n) is 9.58. The second-order valence-corrected chi connectivity index (χ2v) is 9.58. The minimum atomic E-state index is -0.361. The fraction of sp³-hybridized carbons (Fsp3) is 0.577. The number of aromatic nitrogens is 5. The number of pyridine rings is 1. The maximum absolute atomic E-state index is 13.2. The van der Waals surface area contributed by atoms with Crippen molar-refractivity contribution in [1.82, 2.24) is 30.1 Å². The van der Waals surface area contributed by atoms with Crippen LogP contribution in [0.4, 0.5) is 0 Å². The highest BCUT2D eigenvalue weighted by Gasteiger charge is 2.33. The molecule has 1 fully saturated rings. The molecule has 1 saturated carbocycles. The SMILES string of the molecule is CCC[C@H](c1nnnn1CC(=O)OCC)N(Cc1cc2cc(C)cc(C)c2[nH]c1=O)C1CCCC1. The quantitative estimate of drug-likeness (QED) is 0.438. The molecule has 2 aromatic heterocycles. The van der Waals surface area contributed by atoms with Crippen molar-refractivity contribution in [3.05, 3.63) is 51.1 Å². The third kappa shape index (κ3) is 5.61. The number of carbonyl (C=O) groups is 1. The lowest BCUT2D eigenvalue weighted by atomic mass is 10.0. The zero-order chi connectivity index (χ0) is 24.9. The summed E-state index contributed by atoms with van der Waals surface area (Å²) in [6.45, 7) is 8.80. The van der Waals surface area contributed by atoms with Gasteiger partial charge in [0.05, 0.1) is 18.2 Å². The van der Waals surface area contributed by atoms with E-state index in [1.165, 1.54) is 18.4 Å². The maximum atomic E-state index is 13.2. The molecule has 0 amide bonds. The number of hydrogen-bond acceptors (Lipinski definition) is 7. The van der Waals surface area contributed by atoms with Crippen LogP contribution in [0.2, 0.25) is 0 Å². The number of carbonyl (C=O) groups excluding carboxylic acids is 1. The number of nitrogens with zero attached hydrogens (tertiary/aromatic N) is 5. The van der Waals surface area contributed by atoms with Gasteiger partial charge in [-0.3, -0.25) is 14.5 Å². The monoisotopic (exact) mass is 480 g/mol. The van der Waals surface area contributed by atoms with Crippen LogP contribution in [-0.2, 0) is 22.6 Å². The number of fused-ring (bicyclic) bond motifs is 1. The molecule has 0 aliphatic heterocycles. The molecule has 188 valence electrons. The van der Waals surface area contributed by atoms with Gasteiger partial charge in [0.1, 0.15) is 6.54 Å². The number of hydrogen-bond donors (Lipinski definition) is 1. The molecular formula is C26H36N6O3. The molecule has 4 rings (SSSR count). The van der Waals surface area contributed by atoms with Crippen molar-refractivity contribution in [2.24, 2.45) is 0 Å². The Morgan fingerprint density at radius 3 is 2.71 bits per heavy atom. The normalized spacial score (nSPS) is 15.2. The highest BCUT2D eigenvalue weighted by atomic mass is 16.5. The van der Waals surface area contributed by atoms with Crippen LogP contribution in [0, 0.1) is 13.8 Å². The average Bonchev–Trinajstić information content (AvgIpc) is 3.49. The first-order valence-electron chi connectivity index (χ1n) is 12.7. The summed E-state index contributed by atoms with van der Waals surface area (Å²) in [6.07, 6.45) is 6.23. The van der Waals surface area contributed by atoms with E-state index in [9.17, 15) is 9.59 Å². The van der Waals surface area contributed by atoms with E-state index in [0.717, 1.165) is 47.7 Å². The van der Waals surface area contributed by atoms with E-state index in [4.69, 9.17) is 4.74 Å². The van der Waals surface area contributed by atoms with E-state index < -0.39 is 0 Å². The van der Waals surface area contributed by atoms with E-state index >= 15 is 0 Å². The Hall–Kier alpha value is -3.07. The summed E-state index contributed by atoms with van der Waals surface area (Å²) in [5, 5.41) is 13.4. The molecule has 35 heavy (non-hydrogen) atoms. The summed E-state index contributed by atoms with van der Waals surface area (Å²) in [7, 11) is 0. The van der Waals surface area contributed by atoms with Crippen molar-refractivity contribution in [3.63, 3.8) is 0 Å². The minimum Gasteiger partial charge on any atom is -0.465 e. The van der Waals surface area contributed by atoms with Gasteiger partial charge in [0, 0.05) is 18.2 Å². The Labute approximate surface area is 205 Å². The van der Waals surface area contributed by atoms with Crippen molar-refractivity contribution >= 4 is 16.9 Å². The number of tetrazole rings is 1. The Bertz CT molecular complexity index is 1230. The van der Waals surface area contributed by atoms with Crippen LogP contribution >= 0.6 is 0 Å². The Morgan fingerprint density at radius 1 is 1.23 bits per heavy atom. The molecule has 2 heterocycles. The summed E-state index contributed by atoms with van der Waals surface area (Å²) in [5.74, 6) is 0.288. The number of benzene rings is 1. The van der Waals surface area contributed by atoms with Crippen molar-refractivity contribution in [1.29, 1.82) is 0 Å². The first-order chi connectivity index (χ1) is 16.9. The lowest BCUT2D eigenvalue weighted by Gasteiger charge is -2.35. The van der Waals surface area contributed by atoms with Gasteiger partial charge in [0.25, 0.3) is 5.56 Å². The third-order valence-electron chi connectivity index (χ3n) is 6.92. The number of esters is 1. The number of H-pyrrole nitrogens is 1. The summed E-state index contributed by atoms with van der Waals surface area (Å²) in [5.41, 5.74) is 3.80. The van der Waals surface area contributed by atoms with Crippen LogP contribution < -0.4 is 5.56 Å². The molecule has 1 aromatic carbocycles. The lowest BCUT2D eigenvalue weighted by Crippen LogP contribution is -2.39. The fourth-order valence-electron chi connectivity index (χ4n) is 5.38. The molecule has 1 aliphatic carbocycles. The Balaban J connectivity index is 1.73. The van der Waals surface area contributed by atoms with Crippen molar-refractivity contribution in [3.8, 4) is 0 Å². The first-order valence-corrected chi connectivity index (χ1v) is 12.7. The molecule has 0 saturated heterocycles. The zero-order valence-electron chi connectivity index (χ0n) is 21.2. The smallest absolute Gasteiger partial charge is 0.327 e. The van der Waals surface area contributed by atoms with Crippen LogP contribution in [0.25, 0.3) is 10.9 Å². The van der Waals surface area contributed by atoms with Crippen molar-refractivity contribution < 1.29 is 9.53 Å². The molecule has 0 bridgehead atoms. The summed E-state index contributed by atoms with van der Waals surface area (Å²) in [6, 6.07) is 6.45. The van der Waals surface area contributed by atoms with Gasteiger partial charge < -0.3 is 9.72 Å². The van der Waals surface area contributed by atoms with Crippen LogP contribution in [0.15, 0.2) is 23.0 Å². The molecule has 9 heteroatoms. The van der Waals surface area contributed by atoms with Crippen LogP contribution in [0.3, 0.4) is 0 Å². The van der Waals surface area contributed by atoms with E-state index in [1.807, 2.05) is 13.0 Å².